The van der Waals surface area contributed by atoms with Crippen LogP contribution in [-0.4, -0.2) is 36.6 Å². The van der Waals surface area contributed by atoms with E-state index in [2.05, 4.69) is 5.32 Å². The van der Waals surface area contributed by atoms with Gasteiger partial charge in [0, 0.05) is 18.7 Å². The lowest BCUT2D eigenvalue weighted by Gasteiger charge is -2.32. The Bertz CT molecular complexity index is 916. The highest BCUT2D eigenvalue weighted by Gasteiger charge is 2.30. The van der Waals surface area contributed by atoms with Gasteiger partial charge >= 0.3 is 0 Å². The fraction of sp³-hybridized carbons (Fsp3) is 0.364. The zero-order valence-electron chi connectivity index (χ0n) is 16.2. The molecule has 7 heteroatoms. The molecule has 2 aliphatic rings. The molecule has 1 N–H and O–H groups in total. The molecule has 1 fully saturated rings. The number of amides is 2. The first-order chi connectivity index (χ1) is 14.0. The van der Waals surface area contributed by atoms with Gasteiger partial charge in [0.05, 0.1) is 12.0 Å². The molecule has 0 bridgehead atoms. The van der Waals surface area contributed by atoms with E-state index in [9.17, 15) is 14.0 Å². The number of fused-ring (bicyclic) bond motifs is 1. The van der Waals surface area contributed by atoms with Gasteiger partial charge in [0.15, 0.2) is 11.5 Å². The van der Waals surface area contributed by atoms with Gasteiger partial charge in [-0.05, 0) is 61.7 Å². The number of nitrogens with zero attached hydrogens (tertiary/aromatic N) is 1. The van der Waals surface area contributed by atoms with E-state index in [1.165, 1.54) is 24.3 Å². The van der Waals surface area contributed by atoms with Crippen LogP contribution in [0.4, 0.5) is 4.39 Å². The number of nitrogens with one attached hydrogen (secondary N) is 1. The number of carbonyl (C=O) groups excluding carboxylic acids is 2. The lowest BCUT2D eigenvalue weighted by atomic mass is 9.95. The van der Waals surface area contributed by atoms with Crippen molar-refractivity contribution in [3.8, 4) is 11.5 Å². The average Bonchev–Trinajstić information content (AvgIpc) is 3.21. The molecule has 0 radical (unpaired) electrons. The molecule has 29 heavy (non-hydrogen) atoms. The molecule has 0 spiro atoms. The van der Waals surface area contributed by atoms with Crippen LogP contribution in [0.15, 0.2) is 42.5 Å². The molecule has 152 valence electrons. The summed E-state index contributed by atoms with van der Waals surface area (Å²) in [5.41, 5.74) is 1.36. The third kappa shape index (κ3) is 4.18. The van der Waals surface area contributed by atoms with Crippen LogP contribution in [0.3, 0.4) is 0 Å². The van der Waals surface area contributed by atoms with Gasteiger partial charge in [0.1, 0.15) is 5.82 Å². The Morgan fingerprint density at radius 2 is 1.90 bits per heavy atom. The summed E-state index contributed by atoms with van der Waals surface area (Å²) in [6.45, 7) is 3.08. The van der Waals surface area contributed by atoms with E-state index in [0.29, 0.717) is 30.2 Å². The zero-order valence-corrected chi connectivity index (χ0v) is 16.2. The molecule has 0 saturated carbocycles. The molecule has 0 aromatic heterocycles. The predicted octanol–water partition coefficient (Wildman–Crippen LogP) is 3.28. The monoisotopic (exact) mass is 398 g/mol. The van der Waals surface area contributed by atoms with Crippen molar-refractivity contribution in [1.29, 1.82) is 0 Å². The van der Waals surface area contributed by atoms with E-state index in [4.69, 9.17) is 9.47 Å². The number of benzene rings is 2. The second-order valence-corrected chi connectivity index (χ2v) is 7.44. The molecular weight excluding hydrogens is 375 g/mol. The van der Waals surface area contributed by atoms with E-state index in [1.807, 2.05) is 25.1 Å². The number of rotatable bonds is 4. The minimum absolute atomic E-state index is 0.0771. The second kappa shape index (κ2) is 8.11. The number of carbonyl (C=O) groups is 2. The minimum atomic E-state index is -0.380. The summed E-state index contributed by atoms with van der Waals surface area (Å²) in [5.74, 6) is 0.476. The lowest BCUT2D eigenvalue weighted by molar-refractivity contribution is -0.127. The van der Waals surface area contributed by atoms with Gasteiger partial charge in [-0.1, -0.05) is 6.07 Å². The molecule has 6 nitrogen and oxygen atoms in total. The van der Waals surface area contributed by atoms with Crippen LogP contribution in [0, 0.1) is 11.7 Å². The molecule has 2 aromatic carbocycles. The van der Waals surface area contributed by atoms with E-state index >= 15 is 0 Å². The molecule has 4 rings (SSSR count). The summed E-state index contributed by atoms with van der Waals surface area (Å²) in [5, 5.41) is 3.04. The Morgan fingerprint density at radius 1 is 1.14 bits per heavy atom. The Kier molecular flexibility index (Phi) is 5.38. The Labute approximate surface area is 168 Å². The Hall–Kier alpha value is -3.09. The van der Waals surface area contributed by atoms with Gasteiger partial charge in [0.25, 0.3) is 5.91 Å². The zero-order chi connectivity index (χ0) is 20.4. The fourth-order valence-corrected chi connectivity index (χ4v) is 3.75. The van der Waals surface area contributed by atoms with Crippen molar-refractivity contribution in [3.05, 3.63) is 59.4 Å². The largest absolute Gasteiger partial charge is 0.454 e. The number of hydrogen-bond donors (Lipinski definition) is 1. The molecule has 0 aliphatic carbocycles. The summed E-state index contributed by atoms with van der Waals surface area (Å²) in [4.78, 5) is 27.2. The van der Waals surface area contributed by atoms with Crippen LogP contribution < -0.4 is 14.8 Å². The fourth-order valence-electron chi connectivity index (χ4n) is 3.75. The van der Waals surface area contributed by atoms with Gasteiger partial charge in [-0.2, -0.15) is 0 Å². The molecule has 2 atom stereocenters. The highest BCUT2D eigenvalue weighted by Crippen LogP contribution is 2.34. The SMILES string of the molecule is CC(NC(=O)C1CCCN(C(=O)c2ccc(F)cc2)C1)c1ccc2c(c1)OCO2. The summed E-state index contributed by atoms with van der Waals surface area (Å²) in [6, 6.07) is 10.9. The van der Waals surface area contributed by atoms with Crippen molar-refractivity contribution < 1.29 is 23.5 Å². The van der Waals surface area contributed by atoms with Crippen molar-refractivity contribution in [1.82, 2.24) is 10.2 Å². The molecule has 2 aliphatic heterocycles. The quantitative estimate of drug-likeness (QED) is 0.858. The number of likely N-dealkylation sites (tertiary alicyclic amines) is 1. The second-order valence-electron chi connectivity index (χ2n) is 7.44. The van der Waals surface area contributed by atoms with Crippen molar-refractivity contribution in [3.63, 3.8) is 0 Å². The van der Waals surface area contributed by atoms with Gasteiger partial charge < -0.3 is 19.7 Å². The standard InChI is InChI=1S/C22H23FN2O4/c1-14(16-6-9-19-20(11-16)29-13-28-19)24-21(26)17-3-2-10-25(12-17)22(27)15-4-7-18(23)8-5-15/h4-9,11,14,17H,2-3,10,12-13H2,1H3,(H,24,26). The Balaban J connectivity index is 1.38. The van der Waals surface area contributed by atoms with Crippen LogP contribution in [0.1, 0.15) is 41.7 Å². The maximum Gasteiger partial charge on any atom is 0.253 e. The van der Waals surface area contributed by atoms with E-state index in [1.54, 1.807) is 4.90 Å². The van der Waals surface area contributed by atoms with Gasteiger partial charge in [-0.25, -0.2) is 4.39 Å². The Morgan fingerprint density at radius 3 is 2.69 bits per heavy atom. The van der Waals surface area contributed by atoms with Gasteiger partial charge in [-0.15, -0.1) is 0 Å². The maximum absolute atomic E-state index is 13.1. The molecule has 1 saturated heterocycles. The normalized spacial score (nSPS) is 19.0. The molecular formula is C22H23FN2O4. The maximum atomic E-state index is 13.1. The van der Waals surface area contributed by atoms with E-state index in [-0.39, 0.29) is 36.4 Å². The first-order valence-electron chi connectivity index (χ1n) is 9.76. The number of halogens is 1. The smallest absolute Gasteiger partial charge is 0.253 e. The number of hydrogen-bond acceptors (Lipinski definition) is 4. The van der Waals surface area contributed by atoms with E-state index in [0.717, 1.165) is 18.4 Å². The van der Waals surface area contributed by atoms with Crippen molar-refractivity contribution >= 4 is 11.8 Å². The summed E-state index contributed by atoms with van der Waals surface area (Å²) in [6.07, 6.45) is 1.48. The topological polar surface area (TPSA) is 67.9 Å². The van der Waals surface area contributed by atoms with Crippen molar-refractivity contribution in [2.45, 2.75) is 25.8 Å². The van der Waals surface area contributed by atoms with E-state index < -0.39 is 0 Å². The van der Waals surface area contributed by atoms with Crippen molar-refractivity contribution in [2.24, 2.45) is 5.92 Å². The summed E-state index contributed by atoms with van der Waals surface area (Å²) >= 11 is 0. The highest BCUT2D eigenvalue weighted by molar-refractivity contribution is 5.94. The third-order valence-electron chi connectivity index (χ3n) is 5.43. The van der Waals surface area contributed by atoms with Crippen LogP contribution in [0.2, 0.25) is 0 Å². The van der Waals surface area contributed by atoms with Crippen molar-refractivity contribution in [2.75, 3.05) is 19.9 Å². The third-order valence-corrected chi connectivity index (χ3v) is 5.43. The van der Waals surface area contributed by atoms with Crippen LogP contribution in [0.5, 0.6) is 11.5 Å². The van der Waals surface area contributed by atoms with Crippen LogP contribution in [0.25, 0.3) is 0 Å². The number of piperidine rings is 1. The van der Waals surface area contributed by atoms with Crippen LogP contribution >= 0.6 is 0 Å². The first-order valence-corrected chi connectivity index (χ1v) is 9.76. The lowest BCUT2D eigenvalue weighted by Crippen LogP contribution is -2.45. The predicted molar refractivity (Wildman–Crippen MR) is 104 cm³/mol. The summed E-state index contributed by atoms with van der Waals surface area (Å²) in [7, 11) is 0. The molecule has 2 aromatic rings. The molecule has 2 amide bonds. The van der Waals surface area contributed by atoms with Crippen LogP contribution in [-0.2, 0) is 4.79 Å². The summed E-state index contributed by atoms with van der Waals surface area (Å²) < 4.78 is 23.8. The molecule has 2 heterocycles. The highest BCUT2D eigenvalue weighted by atomic mass is 19.1. The minimum Gasteiger partial charge on any atom is -0.454 e. The average molecular weight is 398 g/mol. The first kappa shape index (κ1) is 19.2. The van der Waals surface area contributed by atoms with Gasteiger partial charge in [-0.3, -0.25) is 9.59 Å². The van der Waals surface area contributed by atoms with Gasteiger partial charge in [0.2, 0.25) is 12.7 Å². The molecule has 2 unspecified atom stereocenters. The number of ether oxygens (including phenoxy) is 2.